The molecule has 0 aliphatic carbocycles. The predicted octanol–water partition coefficient (Wildman–Crippen LogP) is 0.980. The first kappa shape index (κ1) is 13.5. The van der Waals surface area contributed by atoms with Crippen molar-refractivity contribution in [3.63, 3.8) is 0 Å². The molecule has 0 aromatic heterocycles. The Morgan fingerprint density at radius 2 is 1.60 bits per heavy atom. The molecule has 0 aliphatic heterocycles. The van der Waals surface area contributed by atoms with Gasteiger partial charge in [-0.25, -0.2) is 9.59 Å². The van der Waals surface area contributed by atoms with Gasteiger partial charge in [-0.15, -0.1) is 0 Å². The Bertz CT molecular complexity index is 230. The summed E-state index contributed by atoms with van der Waals surface area (Å²) in [4.78, 5) is 21.3. The van der Waals surface area contributed by atoms with Gasteiger partial charge in [0.1, 0.15) is 12.2 Å². The molecule has 0 radical (unpaired) electrons. The maximum absolute atomic E-state index is 10.6. The highest BCUT2D eigenvalue weighted by atomic mass is 16.6. The number of ether oxygens (including phenoxy) is 2. The predicted molar refractivity (Wildman–Crippen MR) is 54.0 cm³/mol. The summed E-state index contributed by atoms with van der Waals surface area (Å²) in [6, 6.07) is 0. The normalized spacial score (nSPS) is 14.4. The van der Waals surface area contributed by atoms with E-state index in [0.717, 1.165) is 0 Å². The smallest absolute Gasteiger partial charge is 0.404 e. The molecule has 2 unspecified atom stereocenters. The molecule has 0 saturated heterocycles. The van der Waals surface area contributed by atoms with Crippen molar-refractivity contribution >= 4 is 12.2 Å². The lowest BCUT2D eigenvalue weighted by Gasteiger charge is -2.27. The molecule has 0 saturated carbocycles. The number of rotatable bonds is 5. The van der Waals surface area contributed by atoms with Crippen LogP contribution in [0.15, 0.2) is 0 Å². The van der Waals surface area contributed by atoms with Crippen molar-refractivity contribution in [2.45, 2.75) is 39.4 Å². The van der Waals surface area contributed by atoms with Gasteiger partial charge in [-0.05, 0) is 12.3 Å². The van der Waals surface area contributed by atoms with Crippen LogP contribution in [0, 0.1) is 5.92 Å². The van der Waals surface area contributed by atoms with E-state index in [0.29, 0.717) is 6.42 Å². The first-order valence-corrected chi connectivity index (χ1v) is 4.80. The third-order valence-corrected chi connectivity index (χ3v) is 1.95. The molecule has 4 N–H and O–H groups in total. The van der Waals surface area contributed by atoms with Crippen LogP contribution in [0.4, 0.5) is 9.59 Å². The van der Waals surface area contributed by atoms with Gasteiger partial charge in [-0.1, -0.05) is 20.8 Å². The third-order valence-electron chi connectivity index (χ3n) is 1.95. The fraction of sp³-hybridized carbons (Fsp3) is 0.778. The van der Waals surface area contributed by atoms with E-state index < -0.39 is 24.4 Å². The largest absolute Gasteiger partial charge is 0.442 e. The summed E-state index contributed by atoms with van der Waals surface area (Å²) in [5.74, 6) is -0.0122. The van der Waals surface area contributed by atoms with Gasteiger partial charge in [-0.2, -0.15) is 0 Å². The standard InChI is InChI=1S/C9H18N2O4/c1-4-6(14-8(10)12)7(5(2)3)15-9(11)13/h5-7H,4H2,1-3H3,(H2,10,12)(H2,11,13). The molecule has 15 heavy (non-hydrogen) atoms. The average molecular weight is 218 g/mol. The maximum atomic E-state index is 10.6. The molecular formula is C9H18N2O4. The van der Waals surface area contributed by atoms with Gasteiger partial charge in [0.25, 0.3) is 0 Å². The third kappa shape index (κ3) is 5.09. The molecule has 2 atom stereocenters. The zero-order chi connectivity index (χ0) is 12.0. The second kappa shape index (κ2) is 6.10. The first-order valence-electron chi connectivity index (χ1n) is 4.80. The van der Waals surface area contributed by atoms with E-state index in [1.54, 1.807) is 6.92 Å². The van der Waals surface area contributed by atoms with Crippen molar-refractivity contribution in [3.05, 3.63) is 0 Å². The van der Waals surface area contributed by atoms with Crippen molar-refractivity contribution in [3.8, 4) is 0 Å². The van der Waals surface area contributed by atoms with Crippen LogP contribution in [-0.2, 0) is 9.47 Å². The Kier molecular flexibility index (Phi) is 5.51. The van der Waals surface area contributed by atoms with E-state index in [1.807, 2.05) is 13.8 Å². The van der Waals surface area contributed by atoms with Crippen LogP contribution >= 0.6 is 0 Å². The number of amides is 2. The average Bonchev–Trinajstić information content (AvgIpc) is 2.09. The zero-order valence-electron chi connectivity index (χ0n) is 9.23. The van der Waals surface area contributed by atoms with Gasteiger partial charge in [0.05, 0.1) is 0 Å². The molecule has 6 heteroatoms. The van der Waals surface area contributed by atoms with Gasteiger partial charge in [-0.3, -0.25) is 0 Å². The topological polar surface area (TPSA) is 105 Å². The van der Waals surface area contributed by atoms with Crippen LogP contribution < -0.4 is 11.5 Å². The second-order valence-corrected chi connectivity index (χ2v) is 3.53. The highest BCUT2D eigenvalue weighted by molar-refractivity contribution is 5.66. The molecule has 0 aromatic carbocycles. The summed E-state index contributed by atoms with van der Waals surface area (Å²) < 4.78 is 9.70. The van der Waals surface area contributed by atoms with Gasteiger partial charge in [0.2, 0.25) is 0 Å². The van der Waals surface area contributed by atoms with Crippen LogP contribution in [0.2, 0.25) is 0 Å². The Labute approximate surface area is 88.9 Å². The number of carbonyl (C=O) groups is 2. The summed E-state index contributed by atoms with van der Waals surface area (Å²) in [5, 5.41) is 0. The first-order chi connectivity index (χ1) is 6.88. The van der Waals surface area contributed by atoms with E-state index in [1.165, 1.54) is 0 Å². The maximum Gasteiger partial charge on any atom is 0.404 e. The molecule has 0 rings (SSSR count). The van der Waals surface area contributed by atoms with E-state index in [9.17, 15) is 9.59 Å². The molecule has 0 fully saturated rings. The summed E-state index contributed by atoms with van der Waals surface area (Å²) in [6.07, 6.45) is -2.41. The molecule has 0 heterocycles. The number of carbonyl (C=O) groups excluding carboxylic acids is 2. The minimum Gasteiger partial charge on any atom is -0.442 e. The lowest BCUT2D eigenvalue weighted by Crippen LogP contribution is -2.40. The van der Waals surface area contributed by atoms with E-state index in [4.69, 9.17) is 20.9 Å². The zero-order valence-corrected chi connectivity index (χ0v) is 9.23. The lowest BCUT2D eigenvalue weighted by molar-refractivity contribution is -0.0265. The van der Waals surface area contributed by atoms with Crippen molar-refractivity contribution in [2.24, 2.45) is 17.4 Å². The number of primary amides is 2. The van der Waals surface area contributed by atoms with Gasteiger partial charge >= 0.3 is 12.2 Å². The highest BCUT2D eigenvalue weighted by Gasteiger charge is 2.28. The molecule has 6 nitrogen and oxygen atoms in total. The lowest BCUT2D eigenvalue weighted by atomic mass is 10.00. The summed E-state index contributed by atoms with van der Waals surface area (Å²) >= 11 is 0. The molecule has 0 bridgehead atoms. The quantitative estimate of drug-likeness (QED) is 0.717. The molecule has 0 aromatic rings. The number of nitrogens with two attached hydrogens (primary N) is 2. The molecule has 2 amide bonds. The van der Waals surface area contributed by atoms with Crippen LogP contribution in [-0.4, -0.2) is 24.4 Å². The Morgan fingerprint density at radius 3 is 1.87 bits per heavy atom. The monoisotopic (exact) mass is 218 g/mol. The van der Waals surface area contributed by atoms with E-state index in [2.05, 4.69) is 0 Å². The fourth-order valence-corrected chi connectivity index (χ4v) is 1.31. The van der Waals surface area contributed by atoms with Crippen molar-refractivity contribution in [1.29, 1.82) is 0 Å². The molecular weight excluding hydrogens is 200 g/mol. The molecule has 0 aliphatic rings. The number of hydrogen-bond acceptors (Lipinski definition) is 4. The van der Waals surface area contributed by atoms with Gasteiger partial charge < -0.3 is 20.9 Å². The molecule has 0 spiro atoms. The highest BCUT2D eigenvalue weighted by Crippen LogP contribution is 2.16. The summed E-state index contributed by atoms with van der Waals surface area (Å²) in [7, 11) is 0. The van der Waals surface area contributed by atoms with Crippen molar-refractivity contribution < 1.29 is 19.1 Å². The van der Waals surface area contributed by atoms with Crippen molar-refractivity contribution in [2.75, 3.05) is 0 Å². The van der Waals surface area contributed by atoms with Crippen LogP contribution in [0.5, 0.6) is 0 Å². The van der Waals surface area contributed by atoms with Gasteiger partial charge in [0.15, 0.2) is 0 Å². The minimum absolute atomic E-state index is 0.0122. The van der Waals surface area contributed by atoms with E-state index >= 15 is 0 Å². The SMILES string of the molecule is CCC(OC(N)=O)C(OC(N)=O)C(C)C. The van der Waals surface area contributed by atoms with Crippen LogP contribution in [0.25, 0.3) is 0 Å². The van der Waals surface area contributed by atoms with E-state index in [-0.39, 0.29) is 5.92 Å². The molecule has 88 valence electrons. The second-order valence-electron chi connectivity index (χ2n) is 3.53. The fourth-order valence-electron chi connectivity index (χ4n) is 1.31. The Morgan fingerprint density at radius 1 is 1.13 bits per heavy atom. The minimum atomic E-state index is -0.889. The number of hydrogen-bond donors (Lipinski definition) is 2. The van der Waals surface area contributed by atoms with Crippen molar-refractivity contribution in [1.82, 2.24) is 0 Å². The summed E-state index contributed by atoms with van der Waals surface area (Å²) in [6.45, 7) is 5.47. The summed E-state index contributed by atoms with van der Waals surface area (Å²) in [5.41, 5.74) is 9.83. The van der Waals surface area contributed by atoms with Crippen LogP contribution in [0.1, 0.15) is 27.2 Å². The van der Waals surface area contributed by atoms with Gasteiger partial charge in [0, 0.05) is 0 Å². The van der Waals surface area contributed by atoms with Crippen LogP contribution in [0.3, 0.4) is 0 Å². The Balaban J connectivity index is 4.54. The Hall–Kier alpha value is -1.46.